The molecule has 1 fully saturated rings. The van der Waals surface area contributed by atoms with Crippen molar-refractivity contribution in [3.63, 3.8) is 0 Å². The van der Waals surface area contributed by atoms with Gasteiger partial charge in [-0.1, -0.05) is 18.2 Å². The maximum Gasteiger partial charge on any atom is 0.244 e. The molecule has 32 heavy (non-hydrogen) atoms. The van der Waals surface area contributed by atoms with E-state index < -0.39 is 0 Å². The van der Waals surface area contributed by atoms with Crippen molar-refractivity contribution in [3.05, 3.63) is 59.9 Å². The first kappa shape index (κ1) is 25.9. The Hall–Kier alpha value is -2.36. The molecule has 0 bridgehead atoms. The number of pyridine rings is 1. The Morgan fingerprint density at radius 1 is 1.28 bits per heavy atom. The molecule has 3 rings (SSSR count). The number of carbonyl (C=O) groups is 1. The molecule has 0 saturated carbocycles. The van der Waals surface area contributed by atoms with Crippen LogP contribution in [0.2, 0.25) is 0 Å². The lowest BCUT2D eigenvalue weighted by Gasteiger charge is -2.22. The molecule has 1 amide bonds. The van der Waals surface area contributed by atoms with Gasteiger partial charge in [-0.15, -0.1) is 24.0 Å². The molecule has 0 radical (unpaired) electrons. The van der Waals surface area contributed by atoms with Crippen LogP contribution in [-0.2, 0) is 11.2 Å². The molecule has 174 valence electrons. The minimum absolute atomic E-state index is 0. The van der Waals surface area contributed by atoms with E-state index in [-0.39, 0.29) is 36.4 Å². The van der Waals surface area contributed by atoms with Gasteiger partial charge in [-0.2, -0.15) is 0 Å². The molecule has 7 nitrogen and oxygen atoms in total. The number of hydrogen-bond acceptors (Lipinski definition) is 4. The van der Waals surface area contributed by atoms with Crippen LogP contribution in [0.3, 0.4) is 0 Å². The summed E-state index contributed by atoms with van der Waals surface area (Å²) < 4.78 is 5.26. The highest BCUT2D eigenvalue weighted by atomic mass is 127. The van der Waals surface area contributed by atoms with Crippen LogP contribution in [0, 0.1) is 0 Å². The van der Waals surface area contributed by atoms with Crippen LogP contribution in [-0.4, -0.2) is 73.5 Å². The number of likely N-dealkylation sites (tertiary alicyclic amines) is 1. The van der Waals surface area contributed by atoms with Crippen molar-refractivity contribution in [1.82, 2.24) is 20.1 Å². The molecule has 8 heteroatoms. The van der Waals surface area contributed by atoms with Gasteiger partial charge in [-0.25, -0.2) is 4.99 Å². The zero-order chi connectivity index (χ0) is 22.1. The van der Waals surface area contributed by atoms with Crippen LogP contribution in [0.5, 0.6) is 5.75 Å². The van der Waals surface area contributed by atoms with E-state index in [0.29, 0.717) is 12.5 Å². The first-order valence-corrected chi connectivity index (χ1v) is 10.9. The van der Waals surface area contributed by atoms with E-state index in [9.17, 15) is 4.79 Å². The number of guanidine groups is 1. The molecule has 0 spiro atoms. The van der Waals surface area contributed by atoms with Gasteiger partial charge in [0, 0.05) is 57.5 Å². The van der Waals surface area contributed by atoms with Crippen molar-refractivity contribution in [1.29, 1.82) is 0 Å². The minimum Gasteiger partial charge on any atom is -0.497 e. The summed E-state index contributed by atoms with van der Waals surface area (Å²) in [6.07, 6.45) is 3.58. The second kappa shape index (κ2) is 13.2. The fourth-order valence-corrected chi connectivity index (χ4v) is 3.74. The number of halogens is 1. The average molecular weight is 551 g/mol. The highest BCUT2D eigenvalue weighted by molar-refractivity contribution is 14.0. The Bertz CT molecular complexity index is 860. The highest BCUT2D eigenvalue weighted by Crippen LogP contribution is 2.28. The second-order valence-corrected chi connectivity index (χ2v) is 7.76. The van der Waals surface area contributed by atoms with Gasteiger partial charge in [0.15, 0.2) is 5.96 Å². The predicted octanol–water partition coefficient (Wildman–Crippen LogP) is 3.16. The van der Waals surface area contributed by atoms with Crippen LogP contribution in [0.4, 0.5) is 0 Å². The van der Waals surface area contributed by atoms with Crippen LogP contribution in [0.15, 0.2) is 53.7 Å². The first-order valence-electron chi connectivity index (χ1n) is 10.9. The van der Waals surface area contributed by atoms with E-state index in [1.807, 2.05) is 44.3 Å². The average Bonchev–Trinajstić information content (AvgIpc) is 3.31. The number of benzene rings is 1. The second-order valence-electron chi connectivity index (χ2n) is 7.76. The quantitative estimate of drug-likeness (QED) is 0.310. The topological polar surface area (TPSA) is 70.1 Å². The molecule has 1 saturated heterocycles. The van der Waals surface area contributed by atoms with Gasteiger partial charge in [-0.3, -0.25) is 9.78 Å². The molecular weight excluding hydrogens is 517 g/mol. The van der Waals surface area contributed by atoms with Crippen molar-refractivity contribution in [2.24, 2.45) is 4.99 Å². The van der Waals surface area contributed by atoms with E-state index in [2.05, 4.69) is 32.3 Å². The summed E-state index contributed by atoms with van der Waals surface area (Å²) in [7, 11) is 3.51. The van der Waals surface area contributed by atoms with Gasteiger partial charge in [0.2, 0.25) is 5.91 Å². The van der Waals surface area contributed by atoms with Crippen molar-refractivity contribution in [2.45, 2.75) is 25.7 Å². The summed E-state index contributed by atoms with van der Waals surface area (Å²) in [5.74, 6) is 2.15. The Labute approximate surface area is 208 Å². The first-order chi connectivity index (χ1) is 15.1. The Morgan fingerprint density at radius 3 is 2.72 bits per heavy atom. The normalized spacial score (nSPS) is 15.8. The van der Waals surface area contributed by atoms with E-state index in [1.54, 1.807) is 18.2 Å². The fraction of sp³-hybridized carbons (Fsp3) is 0.458. The van der Waals surface area contributed by atoms with Gasteiger partial charge < -0.3 is 19.9 Å². The summed E-state index contributed by atoms with van der Waals surface area (Å²) in [6, 6.07) is 14.1. The number of rotatable bonds is 8. The van der Waals surface area contributed by atoms with Crippen molar-refractivity contribution in [3.8, 4) is 5.75 Å². The zero-order valence-corrected chi connectivity index (χ0v) is 21.5. The molecule has 1 aromatic carbocycles. The maximum atomic E-state index is 12.6. The van der Waals surface area contributed by atoms with Gasteiger partial charge in [0.05, 0.1) is 7.11 Å². The third-order valence-electron chi connectivity index (χ3n) is 5.63. The van der Waals surface area contributed by atoms with Crippen LogP contribution in [0.1, 0.15) is 30.5 Å². The maximum absolute atomic E-state index is 12.6. The monoisotopic (exact) mass is 551 g/mol. The molecular formula is C24H34IN5O2. The third kappa shape index (κ3) is 7.36. The van der Waals surface area contributed by atoms with Crippen molar-refractivity contribution >= 4 is 35.8 Å². The number of aromatic nitrogens is 1. The molecule has 0 aliphatic carbocycles. The highest BCUT2D eigenvalue weighted by Gasteiger charge is 2.26. The number of nitrogens with zero attached hydrogens (tertiary/aromatic N) is 4. The van der Waals surface area contributed by atoms with Gasteiger partial charge in [-0.05, 0) is 43.2 Å². The molecule has 2 aromatic rings. The Balaban J connectivity index is 0.00000363. The summed E-state index contributed by atoms with van der Waals surface area (Å²) in [4.78, 5) is 25.5. The number of methoxy groups -OCH3 is 1. The van der Waals surface area contributed by atoms with Crippen LogP contribution < -0.4 is 10.1 Å². The fourth-order valence-electron chi connectivity index (χ4n) is 3.74. The smallest absolute Gasteiger partial charge is 0.244 e. The molecule has 1 aliphatic heterocycles. The van der Waals surface area contributed by atoms with E-state index >= 15 is 0 Å². The summed E-state index contributed by atoms with van der Waals surface area (Å²) in [5, 5.41) is 3.34. The lowest BCUT2D eigenvalue weighted by Crippen LogP contribution is -2.41. The lowest BCUT2D eigenvalue weighted by molar-refractivity contribution is -0.128. The lowest BCUT2D eigenvalue weighted by atomic mass is 9.98. The standard InChI is InChI=1S/C24H33N5O2.HI/c1-4-25-24(27-17-23(30)28(2)15-13-21-7-5-6-14-26-21)29-16-12-20(18-29)19-8-10-22(31-3)11-9-19;/h5-11,14,20H,4,12-13,15-18H2,1-3H3,(H,25,27);1H. The van der Waals surface area contributed by atoms with E-state index in [4.69, 9.17) is 4.74 Å². The largest absolute Gasteiger partial charge is 0.497 e. The number of amides is 1. The third-order valence-corrected chi connectivity index (χ3v) is 5.63. The van der Waals surface area contributed by atoms with Gasteiger partial charge >= 0.3 is 0 Å². The number of hydrogen-bond donors (Lipinski definition) is 1. The van der Waals surface area contributed by atoms with Crippen LogP contribution >= 0.6 is 24.0 Å². The number of nitrogens with one attached hydrogen (secondary N) is 1. The van der Waals surface area contributed by atoms with Gasteiger partial charge in [0.1, 0.15) is 12.3 Å². The molecule has 2 heterocycles. The van der Waals surface area contributed by atoms with Crippen molar-refractivity contribution in [2.75, 3.05) is 46.9 Å². The summed E-state index contributed by atoms with van der Waals surface area (Å²) >= 11 is 0. The van der Waals surface area contributed by atoms with E-state index in [1.165, 1.54) is 5.56 Å². The number of ether oxygens (including phenoxy) is 1. The van der Waals surface area contributed by atoms with Crippen molar-refractivity contribution < 1.29 is 9.53 Å². The molecule has 1 aliphatic rings. The SMILES string of the molecule is CCNC(=NCC(=O)N(C)CCc1ccccn1)N1CCC(c2ccc(OC)cc2)C1.I. The summed E-state index contributed by atoms with van der Waals surface area (Å²) in [6.45, 7) is 5.41. The molecule has 1 atom stereocenters. The molecule has 1 unspecified atom stereocenters. The summed E-state index contributed by atoms with van der Waals surface area (Å²) in [5.41, 5.74) is 2.30. The minimum atomic E-state index is 0. The predicted molar refractivity (Wildman–Crippen MR) is 139 cm³/mol. The van der Waals surface area contributed by atoms with E-state index in [0.717, 1.165) is 49.9 Å². The number of carbonyl (C=O) groups excluding carboxylic acids is 1. The molecule has 1 aromatic heterocycles. The number of likely N-dealkylation sites (N-methyl/N-ethyl adjacent to an activating group) is 1. The Kier molecular flexibility index (Phi) is 10.7. The molecule has 1 N–H and O–H groups in total. The number of aliphatic imine (C=N–C) groups is 1. The Morgan fingerprint density at radius 2 is 2.06 bits per heavy atom. The van der Waals surface area contributed by atoms with Gasteiger partial charge in [0.25, 0.3) is 0 Å². The zero-order valence-electron chi connectivity index (χ0n) is 19.2. The van der Waals surface area contributed by atoms with Crippen LogP contribution in [0.25, 0.3) is 0 Å².